The highest BCUT2D eigenvalue weighted by Gasteiger charge is 2.19. The van der Waals surface area contributed by atoms with E-state index in [9.17, 15) is 10.5 Å². The number of benzene rings is 6. The molecule has 8 rings (SSSR count). The predicted molar refractivity (Wildman–Crippen MR) is 170 cm³/mol. The lowest BCUT2D eigenvalue weighted by atomic mass is 10.00. The van der Waals surface area contributed by atoms with E-state index in [0.29, 0.717) is 11.1 Å². The average molecular weight is 535 g/mol. The van der Waals surface area contributed by atoms with Crippen molar-refractivity contribution in [1.29, 1.82) is 10.5 Å². The van der Waals surface area contributed by atoms with Crippen molar-refractivity contribution in [3.63, 3.8) is 0 Å². The molecule has 8 aromatic rings. The van der Waals surface area contributed by atoms with Gasteiger partial charge < -0.3 is 9.13 Å². The van der Waals surface area contributed by atoms with Gasteiger partial charge >= 0.3 is 0 Å². The summed E-state index contributed by atoms with van der Waals surface area (Å²) in [7, 11) is 0. The summed E-state index contributed by atoms with van der Waals surface area (Å²) in [5.74, 6) is 0. The number of hydrogen-bond donors (Lipinski definition) is 0. The number of aromatic nitrogens is 2. The zero-order valence-electron chi connectivity index (χ0n) is 22.5. The molecule has 2 heterocycles. The largest absolute Gasteiger partial charge is 0.309 e. The third-order valence-electron chi connectivity index (χ3n) is 8.15. The fourth-order valence-electron chi connectivity index (χ4n) is 6.35. The number of hydrogen-bond acceptors (Lipinski definition) is 2. The molecule has 0 fully saturated rings. The van der Waals surface area contributed by atoms with Crippen LogP contribution in [-0.4, -0.2) is 9.13 Å². The first-order valence-electron chi connectivity index (χ1n) is 13.8. The molecule has 0 spiro atoms. The van der Waals surface area contributed by atoms with Crippen molar-refractivity contribution in [2.75, 3.05) is 0 Å². The second-order valence-corrected chi connectivity index (χ2v) is 10.5. The molecule has 4 heteroatoms. The van der Waals surface area contributed by atoms with Crippen molar-refractivity contribution in [2.24, 2.45) is 0 Å². The van der Waals surface area contributed by atoms with Crippen molar-refractivity contribution in [3.8, 4) is 34.6 Å². The minimum absolute atomic E-state index is 0.628. The fraction of sp³-hybridized carbons (Fsp3) is 0. The lowest BCUT2D eigenvalue weighted by molar-refractivity contribution is 1.17. The van der Waals surface area contributed by atoms with Gasteiger partial charge in [-0.15, -0.1) is 0 Å². The van der Waals surface area contributed by atoms with Gasteiger partial charge in [0, 0.05) is 38.5 Å². The van der Waals surface area contributed by atoms with Crippen LogP contribution in [0.15, 0.2) is 133 Å². The lowest BCUT2D eigenvalue weighted by Crippen LogP contribution is -1.96. The smallest absolute Gasteiger partial charge is 0.0992 e. The zero-order valence-corrected chi connectivity index (χ0v) is 22.5. The van der Waals surface area contributed by atoms with E-state index in [0.717, 1.165) is 60.7 Å². The summed E-state index contributed by atoms with van der Waals surface area (Å²) >= 11 is 0. The average Bonchev–Trinajstić information content (AvgIpc) is 3.57. The molecule has 0 N–H and O–H groups in total. The monoisotopic (exact) mass is 534 g/mol. The van der Waals surface area contributed by atoms with Crippen LogP contribution in [0.4, 0.5) is 0 Å². The Balaban J connectivity index is 1.47. The standard InChI is InChI=1S/C38H22N4/c39-23-25-8-6-11-29(20-25)41-35-15-5-4-12-31(35)32-18-17-27(22-37(32)41)30-13-7-14-33-34-21-26(24-40)16-19-36(34)42(38(30)33)28-9-2-1-3-10-28/h1-22H. The Labute approximate surface area is 242 Å². The van der Waals surface area contributed by atoms with E-state index in [-0.39, 0.29) is 0 Å². The minimum atomic E-state index is 0.628. The van der Waals surface area contributed by atoms with Gasteiger partial charge in [0.05, 0.1) is 45.3 Å². The van der Waals surface area contributed by atoms with E-state index in [2.05, 4.69) is 112 Å². The van der Waals surface area contributed by atoms with Gasteiger partial charge in [0.1, 0.15) is 0 Å². The summed E-state index contributed by atoms with van der Waals surface area (Å²) in [6, 6.07) is 50.2. The Morgan fingerprint density at radius 1 is 0.429 bits per heavy atom. The molecule has 0 atom stereocenters. The number of rotatable bonds is 3. The first-order valence-corrected chi connectivity index (χ1v) is 13.8. The van der Waals surface area contributed by atoms with Crippen molar-refractivity contribution < 1.29 is 0 Å². The summed E-state index contributed by atoms with van der Waals surface area (Å²) in [6.07, 6.45) is 0. The normalized spacial score (nSPS) is 11.3. The molecule has 0 unspecified atom stereocenters. The van der Waals surface area contributed by atoms with Gasteiger partial charge in [-0.2, -0.15) is 10.5 Å². The SMILES string of the molecule is N#Cc1cccc(-n2c3ccccc3c3ccc(-c4cccc5c6cc(C#N)ccc6n(-c6ccccc6)c45)cc32)c1. The lowest BCUT2D eigenvalue weighted by Gasteiger charge is -2.13. The van der Waals surface area contributed by atoms with Crippen molar-refractivity contribution in [1.82, 2.24) is 9.13 Å². The maximum atomic E-state index is 9.66. The molecule has 0 radical (unpaired) electrons. The fourth-order valence-corrected chi connectivity index (χ4v) is 6.35. The van der Waals surface area contributed by atoms with Crippen LogP contribution < -0.4 is 0 Å². The molecule has 6 aromatic carbocycles. The van der Waals surface area contributed by atoms with Crippen LogP contribution in [0.2, 0.25) is 0 Å². The maximum absolute atomic E-state index is 9.66. The maximum Gasteiger partial charge on any atom is 0.0992 e. The van der Waals surface area contributed by atoms with Crippen LogP contribution in [0.3, 0.4) is 0 Å². The molecule has 0 amide bonds. The first-order chi connectivity index (χ1) is 20.7. The highest BCUT2D eigenvalue weighted by molar-refractivity contribution is 6.15. The molecule has 0 saturated carbocycles. The molecule has 194 valence electrons. The van der Waals surface area contributed by atoms with Crippen LogP contribution in [0.1, 0.15) is 11.1 Å². The van der Waals surface area contributed by atoms with Crippen molar-refractivity contribution in [2.45, 2.75) is 0 Å². The van der Waals surface area contributed by atoms with Crippen LogP contribution in [-0.2, 0) is 0 Å². The molecular weight excluding hydrogens is 512 g/mol. The second-order valence-electron chi connectivity index (χ2n) is 10.5. The van der Waals surface area contributed by atoms with Gasteiger partial charge in [-0.1, -0.05) is 72.8 Å². The number of fused-ring (bicyclic) bond motifs is 6. The Kier molecular flexibility index (Phi) is 5.22. The van der Waals surface area contributed by atoms with Crippen LogP contribution in [0, 0.1) is 22.7 Å². The molecule has 0 saturated heterocycles. The predicted octanol–water partition coefficient (Wildman–Crippen LogP) is 9.29. The Morgan fingerprint density at radius 2 is 1.12 bits per heavy atom. The number of nitrogens with zero attached hydrogens (tertiary/aromatic N) is 4. The molecule has 4 nitrogen and oxygen atoms in total. The van der Waals surface area contributed by atoms with Crippen LogP contribution in [0.25, 0.3) is 66.1 Å². The van der Waals surface area contributed by atoms with E-state index in [1.807, 2.05) is 42.5 Å². The second kappa shape index (κ2) is 9.24. The minimum Gasteiger partial charge on any atom is -0.309 e. The van der Waals surface area contributed by atoms with E-state index < -0.39 is 0 Å². The number of para-hydroxylation sites is 3. The van der Waals surface area contributed by atoms with Gasteiger partial charge in [-0.25, -0.2) is 0 Å². The molecule has 0 aliphatic rings. The number of nitriles is 2. The Morgan fingerprint density at radius 3 is 1.98 bits per heavy atom. The van der Waals surface area contributed by atoms with Crippen LogP contribution >= 0.6 is 0 Å². The van der Waals surface area contributed by atoms with Gasteiger partial charge in [0.25, 0.3) is 0 Å². The highest BCUT2D eigenvalue weighted by atomic mass is 15.0. The van der Waals surface area contributed by atoms with E-state index in [1.165, 1.54) is 5.39 Å². The van der Waals surface area contributed by atoms with Gasteiger partial charge in [-0.3, -0.25) is 0 Å². The molecule has 0 aliphatic carbocycles. The summed E-state index contributed by atoms with van der Waals surface area (Å²) < 4.78 is 4.55. The summed E-state index contributed by atoms with van der Waals surface area (Å²) in [5, 5.41) is 23.8. The Hall–Kier alpha value is -6.10. The third-order valence-corrected chi connectivity index (χ3v) is 8.15. The molecule has 0 aliphatic heterocycles. The summed E-state index contributed by atoms with van der Waals surface area (Å²) in [6.45, 7) is 0. The van der Waals surface area contributed by atoms with Gasteiger partial charge in [0.15, 0.2) is 0 Å². The van der Waals surface area contributed by atoms with Crippen LogP contribution in [0.5, 0.6) is 0 Å². The Bertz CT molecular complexity index is 2430. The van der Waals surface area contributed by atoms with Gasteiger partial charge in [0.2, 0.25) is 0 Å². The zero-order chi connectivity index (χ0) is 28.2. The molecule has 2 aromatic heterocycles. The summed E-state index contributed by atoms with van der Waals surface area (Å²) in [4.78, 5) is 0. The van der Waals surface area contributed by atoms with Crippen molar-refractivity contribution in [3.05, 3.63) is 145 Å². The quantitative estimate of drug-likeness (QED) is 0.227. The molecular formula is C38H22N4. The highest BCUT2D eigenvalue weighted by Crippen LogP contribution is 2.40. The first kappa shape index (κ1) is 23.8. The van der Waals surface area contributed by atoms with Crippen molar-refractivity contribution >= 4 is 43.6 Å². The van der Waals surface area contributed by atoms with E-state index >= 15 is 0 Å². The topological polar surface area (TPSA) is 57.4 Å². The summed E-state index contributed by atoms with van der Waals surface area (Å²) in [5.41, 5.74) is 9.83. The third kappa shape index (κ3) is 3.47. The van der Waals surface area contributed by atoms with E-state index in [4.69, 9.17) is 0 Å². The van der Waals surface area contributed by atoms with E-state index in [1.54, 1.807) is 0 Å². The molecule has 0 bridgehead atoms. The van der Waals surface area contributed by atoms with Gasteiger partial charge in [-0.05, 0) is 66.2 Å². The molecule has 42 heavy (non-hydrogen) atoms.